The number of aliphatic carboxylic acids is 1. The van der Waals surface area contributed by atoms with Crippen LogP contribution in [-0.4, -0.2) is 29.2 Å². The van der Waals surface area contributed by atoms with Crippen LogP contribution in [0.4, 0.5) is 17.1 Å². The van der Waals surface area contributed by atoms with E-state index in [4.69, 9.17) is 4.74 Å². The normalized spacial score (nSPS) is 25.8. The first-order chi connectivity index (χ1) is 12.6. The summed E-state index contributed by atoms with van der Waals surface area (Å²) in [4.78, 5) is 24.1. The van der Waals surface area contributed by atoms with E-state index in [-0.39, 0.29) is 5.91 Å². The smallest absolute Gasteiger partial charge is 0.310 e. The summed E-state index contributed by atoms with van der Waals surface area (Å²) in [5.74, 6) is -2.91. The van der Waals surface area contributed by atoms with Crippen LogP contribution in [0.2, 0.25) is 0 Å². The number of carboxylic acid groups (broad SMARTS) is 1. The number of benzene rings is 2. The predicted octanol–water partition coefficient (Wildman–Crippen LogP) is 3.02. The lowest BCUT2D eigenvalue weighted by molar-refractivity contribution is -0.145. The summed E-state index contributed by atoms with van der Waals surface area (Å²) in [5, 5.41) is 15.5. The van der Waals surface area contributed by atoms with Crippen LogP contribution in [0.1, 0.15) is 0 Å². The molecule has 2 aromatic rings. The van der Waals surface area contributed by atoms with E-state index in [1.54, 1.807) is 24.3 Å². The highest BCUT2D eigenvalue weighted by molar-refractivity contribution is 5.96. The van der Waals surface area contributed by atoms with Crippen molar-refractivity contribution in [3.8, 4) is 0 Å². The fourth-order valence-electron chi connectivity index (χ4n) is 3.47. The highest BCUT2D eigenvalue weighted by Gasteiger charge is 2.53. The molecule has 2 aromatic carbocycles. The van der Waals surface area contributed by atoms with Gasteiger partial charge in [-0.1, -0.05) is 30.4 Å². The SMILES string of the molecule is O=C(O)[C@@H]1[C@H](C(=O)Nc2ccc(Nc3ccccc3)cc2)[C@H]2C=C[C@@H]1O2. The Balaban J connectivity index is 1.43. The average molecular weight is 350 g/mol. The summed E-state index contributed by atoms with van der Waals surface area (Å²) in [7, 11) is 0. The molecule has 2 aliphatic rings. The zero-order chi connectivity index (χ0) is 18.1. The van der Waals surface area contributed by atoms with Crippen molar-refractivity contribution in [1.82, 2.24) is 0 Å². The summed E-state index contributed by atoms with van der Waals surface area (Å²) >= 11 is 0. The predicted molar refractivity (Wildman–Crippen MR) is 97.2 cm³/mol. The van der Waals surface area contributed by atoms with E-state index in [0.29, 0.717) is 5.69 Å². The lowest BCUT2D eigenvalue weighted by Crippen LogP contribution is -2.39. The molecule has 2 aliphatic heterocycles. The molecule has 4 rings (SSSR count). The summed E-state index contributed by atoms with van der Waals surface area (Å²) in [6.45, 7) is 0. The van der Waals surface area contributed by atoms with Gasteiger partial charge in [0.05, 0.1) is 18.1 Å². The number of fused-ring (bicyclic) bond motifs is 2. The van der Waals surface area contributed by atoms with Crippen LogP contribution < -0.4 is 10.6 Å². The lowest BCUT2D eigenvalue weighted by atomic mass is 9.82. The molecule has 0 aliphatic carbocycles. The third kappa shape index (κ3) is 3.07. The number of rotatable bonds is 5. The molecule has 0 radical (unpaired) electrons. The van der Waals surface area contributed by atoms with Crippen LogP contribution in [0.15, 0.2) is 66.7 Å². The Morgan fingerprint density at radius 1 is 0.808 bits per heavy atom. The number of ether oxygens (including phenoxy) is 1. The highest BCUT2D eigenvalue weighted by Crippen LogP contribution is 2.39. The molecule has 132 valence electrons. The summed E-state index contributed by atoms with van der Waals surface area (Å²) in [6.07, 6.45) is 2.49. The number of para-hydroxylation sites is 1. The van der Waals surface area contributed by atoms with Gasteiger partial charge in [0.2, 0.25) is 5.91 Å². The van der Waals surface area contributed by atoms with Crippen LogP contribution in [-0.2, 0) is 14.3 Å². The van der Waals surface area contributed by atoms with Gasteiger partial charge >= 0.3 is 5.97 Å². The van der Waals surface area contributed by atoms with E-state index in [1.165, 1.54) is 0 Å². The fourth-order valence-corrected chi connectivity index (χ4v) is 3.47. The molecule has 0 spiro atoms. The average Bonchev–Trinajstić information content (AvgIpc) is 3.25. The number of anilines is 3. The molecule has 6 heteroatoms. The monoisotopic (exact) mass is 350 g/mol. The van der Waals surface area contributed by atoms with Gasteiger partial charge in [0.15, 0.2) is 0 Å². The van der Waals surface area contributed by atoms with Gasteiger partial charge in [-0.3, -0.25) is 9.59 Å². The maximum Gasteiger partial charge on any atom is 0.310 e. The van der Waals surface area contributed by atoms with Crippen molar-refractivity contribution in [1.29, 1.82) is 0 Å². The van der Waals surface area contributed by atoms with E-state index in [1.807, 2.05) is 42.5 Å². The Bertz CT molecular complexity index is 848. The standard InChI is InChI=1S/C20H18N2O4/c23-19(17-15-10-11-16(26-15)18(17)20(24)25)22-14-8-6-13(7-9-14)21-12-4-2-1-3-5-12/h1-11,15-18,21H,(H,22,23)(H,24,25)/t15-,16+,17-,18+/m1/s1. The van der Waals surface area contributed by atoms with Crippen LogP contribution in [0.5, 0.6) is 0 Å². The molecular weight excluding hydrogens is 332 g/mol. The Morgan fingerprint density at radius 3 is 2.04 bits per heavy atom. The second-order valence-electron chi connectivity index (χ2n) is 6.40. The van der Waals surface area contributed by atoms with Gasteiger partial charge in [-0.05, 0) is 36.4 Å². The van der Waals surface area contributed by atoms with Gasteiger partial charge in [0.1, 0.15) is 5.92 Å². The van der Waals surface area contributed by atoms with Crippen LogP contribution in [0.25, 0.3) is 0 Å². The van der Waals surface area contributed by atoms with Gasteiger partial charge < -0.3 is 20.5 Å². The fraction of sp³-hybridized carbons (Fsp3) is 0.200. The number of carbonyl (C=O) groups is 2. The largest absolute Gasteiger partial charge is 0.481 e. The Hall–Kier alpha value is -3.12. The molecule has 0 aromatic heterocycles. The van der Waals surface area contributed by atoms with Gasteiger partial charge in [0, 0.05) is 17.1 Å². The van der Waals surface area contributed by atoms with Crippen LogP contribution in [0, 0.1) is 11.8 Å². The van der Waals surface area contributed by atoms with E-state index in [9.17, 15) is 14.7 Å². The van der Waals surface area contributed by atoms with E-state index < -0.39 is 30.0 Å². The Morgan fingerprint density at radius 2 is 1.38 bits per heavy atom. The van der Waals surface area contributed by atoms with Crippen molar-refractivity contribution in [2.75, 3.05) is 10.6 Å². The molecule has 3 N–H and O–H groups in total. The minimum Gasteiger partial charge on any atom is -0.481 e. The molecule has 1 fully saturated rings. The second kappa shape index (κ2) is 6.65. The van der Waals surface area contributed by atoms with E-state index in [0.717, 1.165) is 11.4 Å². The molecule has 1 saturated heterocycles. The van der Waals surface area contributed by atoms with Gasteiger partial charge in [-0.2, -0.15) is 0 Å². The van der Waals surface area contributed by atoms with Crippen LogP contribution in [0.3, 0.4) is 0 Å². The molecular formula is C20H18N2O4. The van der Waals surface area contributed by atoms with E-state index in [2.05, 4.69) is 10.6 Å². The highest BCUT2D eigenvalue weighted by atomic mass is 16.5. The molecule has 1 amide bonds. The zero-order valence-electron chi connectivity index (χ0n) is 13.8. The van der Waals surface area contributed by atoms with Crippen LogP contribution >= 0.6 is 0 Å². The number of hydrogen-bond donors (Lipinski definition) is 3. The topological polar surface area (TPSA) is 87.7 Å². The summed E-state index contributed by atoms with van der Waals surface area (Å²) in [6, 6.07) is 17.0. The molecule has 2 heterocycles. The molecule has 26 heavy (non-hydrogen) atoms. The zero-order valence-corrected chi connectivity index (χ0v) is 13.8. The van der Waals surface area contributed by atoms with Crippen molar-refractivity contribution in [3.05, 3.63) is 66.7 Å². The van der Waals surface area contributed by atoms with Crippen molar-refractivity contribution >= 4 is 28.9 Å². The third-order valence-corrected chi connectivity index (χ3v) is 4.70. The maximum absolute atomic E-state index is 12.6. The van der Waals surface area contributed by atoms with E-state index >= 15 is 0 Å². The number of carboxylic acids is 1. The maximum atomic E-state index is 12.6. The second-order valence-corrected chi connectivity index (χ2v) is 6.40. The van der Waals surface area contributed by atoms with Gasteiger partial charge in [-0.15, -0.1) is 0 Å². The van der Waals surface area contributed by atoms with Crippen molar-refractivity contribution < 1.29 is 19.4 Å². The Labute approximate surface area is 150 Å². The van der Waals surface area contributed by atoms with Gasteiger partial charge in [-0.25, -0.2) is 0 Å². The third-order valence-electron chi connectivity index (χ3n) is 4.70. The minimum atomic E-state index is -1.01. The molecule has 6 nitrogen and oxygen atoms in total. The molecule has 0 unspecified atom stereocenters. The summed E-state index contributed by atoms with van der Waals surface area (Å²) in [5.41, 5.74) is 2.48. The first-order valence-corrected chi connectivity index (χ1v) is 8.41. The molecule has 2 bridgehead atoms. The number of carbonyl (C=O) groups excluding carboxylic acids is 1. The lowest BCUT2D eigenvalue weighted by Gasteiger charge is -2.21. The number of nitrogens with one attached hydrogen (secondary N) is 2. The Kier molecular flexibility index (Phi) is 4.18. The van der Waals surface area contributed by atoms with Crippen molar-refractivity contribution in [2.24, 2.45) is 11.8 Å². The quantitative estimate of drug-likeness (QED) is 0.722. The first kappa shape index (κ1) is 16.4. The molecule has 4 atom stereocenters. The number of amides is 1. The molecule has 0 saturated carbocycles. The van der Waals surface area contributed by atoms with Gasteiger partial charge in [0.25, 0.3) is 0 Å². The van der Waals surface area contributed by atoms with Crippen molar-refractivity contribution in [2.45, 2.75) is 12.2 Å². The first-order valence-electron chi connectivity index (χ1n) is 8.41. The minimum absolute atomic E-state index is 0.335. The van der Waals surface area contributed by atoms with Crippen molar-refractivity contribution in [3.63, 3.8) is 0 Å². The summed E-state index contributed by atoms with van der Waals surface area (Å²) < 4.78 is 5.54. The number of hydrogen-bond acceptors (Lipinski definition) is 4.